The summed E-state index contributed by atoms with van der Waals surface area (Å²) in [6.45, 7) is 10.5. The van der Waals surface area contributed by atoms with Gasteiger partial charge in [-0.25, -0.2) is 4.79 Å². The molecule has 1 N–H and O–H groups in total. The van der Waals surface area contributed by atoms with E-state index in [-0.39, 0.29) is 0 Å². The summed E-state index contributed by atoms with van der Waals surface area (Å²) in [4.78, 5) is 10.5. The molecule has 0 saturated heterocycles. The van der Waals surface area contributed by atoms with Gasteiger partial charge < -0.3 is 5.11 Å². The van der Waals surface area contributed by atoms with E-state index in [1.807, 2.05) is 6.92 Å². The Morgan fingerprint density at radius 1 is 0.727 bits per heavy atom. The third kappa shape index (κ3) is 13.4. The molecule has 0 atom stereocenters. The van der Waals surface area contributed by atoms with Crippen molar-refractivity contribution >= 4 is 5.97 Å². The van der Waals surface area contributed by atoms with Crippen molar-refractivity contribution in [2.75, 3.05) is 0 Å². The van der Waals surface area contributed by atoms with Crippen molar-refractivity contribution in [2.24, 2.45) is 0 Å². The van der Waals surface area contributed by atoms with Crippen molar-refractivity contribution in [2.45, 2.75) is 73.1 Å². The molecule has 0 spiro atoms. The third-order valence-electron chi connectivity index (χ3n) is 3.52. The summed E-state index contributed by atoms with van der Waals surface area (Å²) in [5.41, 5.74) is 5.16. The predicted octanol–water partition coefficient (Wildman–Crippen LogP) is 6.22. The lowest BCUT2D eigenvalue weighted by atomic mass is 10.0. The quantitative estimate of drug-likeness (QED) is 0.384. The largest absolute Gasteiger partial charge is 0.478 e. The lowest BCUT2D eigenvalue weighted by molar-refractivity contribution is -0.131. The van der Waals surface area contributed by atoms with Crippen molar-refractivity contribution < 1.29 is 9.90 Å². The number of aliphatic carboxylic acids is 1. The molecule has 0 fully saturated rings. The first-order valence-electron chi connectivity index (χ1n) is 8.16. The summed E-state index contributed by atoms with van der Waals surface area (Å²) < 4.78 is 0. The van der Waals surface area contributed by atoms with Crippen molar-refractivity contribution in [3.05, 3.63) is 46.6 Å². The van der Waals surface area contributed by atoms with Gasteiger partial charge in [0.25, 0.3) is 0 Å². The molecule has 0 radical (unpaired) electrons. The lowest BCUT2D eigenvalue weighted by Crippen LogP contribution is -1.89. The fourth-order valence-corrected chi connectivity index (χ4v) is 2.17. The molecule has 0 aliphatic rings. The Balaban J connectivity index is 4.01. The lowest BCUT2D eigenvalue weighted by Gasteiger charge is -2.02. The van der Waals surface area contributed by atoms with E-state index in [9.17, 15) is 4.79 Å². The summed E-state index contributed by atoms with van der Waals surface area (Å²) in [5, 5.41) is 8.65. The maximum atomic E-state index is 10.5. The van der Waals surface area contributed by atoms with Gasteiger partial charge in [0.05, 0.1) is 0 Å². The molecule has 124 valence electrons. The summed E-state index contributed by atoms with van der Waals surface area (Å²) >= 11 is 0. The maximum absolute atomic E-state index is 10.5. The molecule has 0 bridgehead atoms. The molecule has 2 heteroatoms. The molecule has 0 rings (SSSR count). The van der Waals surface area contributed by atoms with Crippen LogP contribution >= 0.6 is 0 Å². The first-order valence-corrected chi connectivity index (χ1v) is 8.16. The number of carboxylic acids is 1. The molecule has 2 nitrogen and oxygen atoms in total. The number of hydrogen-bond donors (Lipinski definition) is 1. The Kier molecular flexibility index (Phi) is 11.2. The van der Waals surface area contributed by atoms with Crippen LogP contribution in [0.15, 0.2) is 46.6 Å². The van der Waals surface area contributed by atoms with Crippen LogP contribution in [0.5, 0.6) is 0 Å². The first-order chi connectivity index (χ1) is 10.3. The standard InChI is InChI=1S/C20H32O2/c1-16(2)9-6-10-17(3)11-7-12-18(4)13-8-14-19(5)15-20(21)22/h9,11,13,15H,6-8,10,12,14H2,1-5H3,(H,21,22)/b17-11-,18-13-,19-15+. The summed E-state index contributed by atoms with van der Waals surface area (Å²) in [6.07, 6.45) is 14.3. The van der Waals surface area contributed by atoms with E-state index >= 15 is 0 Å². The van der Waals surface area contributed by atoms with Gasteiger partial charge in [0, 0.05) is 6.08 Å². The Hall–Kier alpha value is -1.57. The number of carboxylic acid groups (broad SMARTS) is 1. The van der Waals surface area contributed by atoms with E-state index in [1.165, 1.54) is 22.8 Å². The minimum atomic E-state index is -0.855. The summed E-state index contributed by atoms with van der Waals surface area (Å²) in [5.74, 6) is -0.855. The first kappa shape index (κ1) is 20.4. The number of allylic oxidation sites excluding steroid dienone is 7. The Morgan fingerprint density at radius 2 is 1.14 bits per heavy atom. The van der Waals surface area contributed by atoms with E-state index in [2.05, 4.69) is 45.9 Å². The van der Waals surface area contributed by atoms with Crippen LogP contribution in [0.1, 0.15) is 73.1 Å². The monoisotopic (exact) mass is 304 g/mol. The van der Waals surface area contributed by atoms with Gasteiger partial charge >= 0.3 is 5.97 Å². The maximum Gasteiger partial charge on any atom is 0.328 e. The predicted molar refractivity (Wildman–Crippen MR) is 96.0 cm³/mol. The molecule has 0 aliphatic heterocycles. The molecule has 0 unspecified atom stereocenters. The van der Waals surface area contributed by atoms with Crippen LogP contribution in [0.25, 0.3) is 0 Å². The van der Waals surface area contributed by atoms with E-state index < -0.39 is 5.97 Å². The van der Waals surface area contributed by atoms with Gasteiger partial charge in [-0.2, -0.15) is 0 Å². The molecule has 0 amide bonds. The van der Waals surface area contributed by atoms with Crippen molar-refractivity contribution in [3.63, 3.8) is 0 Å². The van der Waals surface area contributed by atoms with Gasteiger partial charge in [0.1, 0.15) is 0 Å². The second kappa shape index (κ2) is 12.0. The highest BCUT2D eigenvalue weighted by Gasteiger charge is 1.95. The van der Waals surface area contributed by atoms with Crippen LogP contribution in [0, 0.1) is 0 Å². The van der Waals surface area contributed by atoms with Gasteiger partial charge in [0.2, 0.25) is 0 Å². The topological polar surface area (TPSA) is 37.3 Å². The minimum Gasteiger partial charge on any atom is -0.478 e. The van der Waals surface area contributed by atoms with Crippen LogP contribution in [-0.4, -0.2) is 11.1 Å². The van der Waals surface area contributed by atoms with Crippen LogP contribution < -0.4 is 0 Å². The number of rotatable bonds is 10. The van der Waals surface area contributed by atoms with Crippen molar-refractivity contribution in [1.82, 2.24) is 0 Å². The van der Waals surface area contributed by atoms with Gasteiger partial charge in [-0.1, -0.05) is 40.5 Å². The van der Waals surface area contributed by atoms with E-state index in [4.69, 9.17) is 5.11 Å². The number of carbonyl (C=O) groups is 1. The molecule has 0 aromatic rings. The van der Waals surface area contributed by atoms with Crippen molar-refractivity contribution in [1.29, 1.82) is 0 Å². The molecule has 0 heterocycles. The molecule has 0 aliphatic carbocycles. The molecule has 22 heavy (non-hydrogen) atoms. The van der Waals surface area contributed by atoms with Gasteiger partial charge in [-0.3, -0.25) is 0 Å². The highest BCUT2D eigenvalue weighted by Crippen LogP contribution is 2.13. The molecule has 0 aromatic heterocycles. The zero-order chi connectivity index (χ0) is 17.0. The number of hydrogen-bond acceptors (Lipinski definition) is 1. The second-order valence-electron chi connectivity index (χ2n) is 6.33. The van der Waals surface area contributed by atoms with E-state index in [0.717, 1.165) is 44.1 Å². The smallest absolute Gasteiger partial charge is 0.328 e. The molecular weight excluding hydrogens is 272 g/mol. The van der Waals surface area contributed by atoms with Crippen LogP contribution in [-0.2, 0) is 4.79 Å². The average Bonchev–Trinajstić information content (AvgIpc) is 2.37. The fraction of sp³-hybridized carbons (Fsp3) is 0.550. The SMILES string of the molecule is CC(C)=CCC/C(C)=C\CC/C(C)=C\CC/C(C)=C/C(=O)O. The highest BCUT2D eigenvalue weighted by molar-refractivity contribution is 5.80. The Bertz CT molecular complexity index is 458. The third-order valence-corrected chi connectivity index (χ3v) is 3.52. The van der Waals surface area contributed by atoms with Gasteiger partial charge in [-0.15, -0.1) is 0 Å². The fourth-order valence-electron chi connectivity index (χ4n) is 2.17. The van der Waals surface area contributed by atoms with E-state index in [0.29, 0.717) is 0 Å². The van der Waals surface area contributed by atoms with Gasteiger partial charge in [-0.05, 0) is 73.1 Å². The van der Waals surface area contributed by atoms with E-state index in [1.54, 1.807) is 0 Å². The highest BCUT2D eigenvalue weighted by atomic mass is 16.4. The second-order valence-corrected chi connectivity index (χ2v) is 6.33. The van der Waals surface area contributed by atoms with Crippen LogP contribution in [0.4, 0.5) is 0 Å². The average molecular weight is 304 g/mol. The molecule has 0 saturated carbocycles. The molecular formula is C20H32O2. The summed E-state index contributed by atoms with van der Waals surface area (Å²) in [6, 6.07) is 0. The van der Waals surface area contributed by atoms with Crippen LogP contribution in [0.3, 0.4) is 0 Å². The van der Waals surface area contributed by atoms with Crippen LogP contribution in [0.2, 0.25) is 0 Å². The zero-order valence-corrected chi connectivity index (χ0v) is 14.9. The Labute approximate surface area is 136 Å². The minimum absolute atomic E-state index is 0.821. The Morgan fingerprint density at radius 3 is 1.55 bits per heavy atom. The molecule has 0 aromatic carbocycles. The normalized spacial score (nSPS) is 13.2. The zero-order valence-electron chi connectivity index (χ0n) is 14.9. The van der Waals surface area contributed by atoms with Gasteiger partial charge in [0.15, 0.2) is 0 Å². The summed E-state index contributed by atoms with van der Waals surface area (Å²) in [7, 11) is 0. The van der Waals surface area contributed by atoms with Crippen molar-refractivity contribution in [3.8, 4) is 0 Å².